The minimum atomic E-state index is 0.438. The van der Waals surface area contributed by atoms with Crippen molar-refractivity contribution >= 4 is 22.2 Å². The standard InChI is InChI=1S/C19H22N2OS/c1-6-13-9-15(19-21-16(10-23-19)11(2)3)20-18-12(4)17(22-5)8-7-14(13)18/h7-11H,6H2,1-5H3. The minimum absolute atomic E-state index is 0.438. The highest BCUT2D eigenvalue weighted by Gasteiger charge is 2.14. The van der Waals surface area contributed by atoms with E-state index in [1.54, 1.807) is 18.4 Å². The van der Waals surface area contributed by atoms with Gasteiger partial charge in [-0.25, -0.2) is 9.97 Å². The summed E-state index contributed by atoms with van der Waals surface area (Å²) in [5.74, 6) is 1.32. The third-order valence-corrected chi connectivity index (χ3v) is 5.09. The summed E-state index contributed by atoms with van der Waals surface area (Å²) in [6, 6.07) is 6.31. The molecule has 0 bridgehead atoms. The van der Waals surface area contributed by atoms with E-state index in [1.165, 1.54) is 10.9 Å². The fourth-order valence-electron chi connectivity index (χ4n) is 2.77. The van der Waals surface area contributed by atoms with Gasteiger partial charge in [-0.2, -0.15) is 0 Å². The average Bonchev–Trinajstić information content (AvgIpc) is 3.05. The largest absolute Gasteiger partial charge is 0.496 e. The van der Waals surface area contributed by atoms with Gasteiger partial charge in [0.15, 0.2) is 0 Å². The highest BCUT2D eigenvalue weighted by atomic mass is 32.1. The molecule has 2 heterocycles. The highest BCUT2D eigenvalue weighted by molar-refractivity contribution is 7.13. The Balaban J connectivity index is 2.23. The summed E-state index contributed by atoms with van der Waals surface area (Å²) in [7, 11) is 1.70. The van der Waals surface area contributed by atoms with Crippen LogP contribution in [0.3, 0.4) is 0 Å². The fraction of sp³-hybridized carbons (Fsp3) is 0.368. The average molecular weight is 326 g/mol. The van der Waals surface area contributed by atoms with Crippen LogP contribution in [0, 0.1) is 6.92 Å². The normalized spacial score (nSPS) is 11.4. The number of thiazole rings is 1. The maximum absolute atomic E-state index is 5.45. The van der Waals surface area contributed by atoms with Crippen LogP contribution >= 0.6 is 11.3 Å². The Morgan fingerprint density at radius 3 is 2.61 bits per heavy atom. The Morgan fingerprint density at radius 1 is 1.22 bits per heavy atom. The van der Waals surface area contributed by atoms with Crippen LogP contribution in [0.1, 0.15) is 43.5 Å². The number of rotatable bonds is 4. The van der Waals surface area contributed by atoms with E-state index in [2.05, 4.69) is 45.2 Å². The molecule has 0 saturated heterocycles. The molecule has 0 amide bonds. The molecule has 0 saturated carbocycles. The predicted molar refractivity (Wildman–Crippen MR) is 97.6 cm³/mol. The number of fused-ring (bicyclic) bond motifs is 1. The summed E-state index contributed by atoms with van der Waals surface area (Å²) in [5.41, 5.74) is 5.49. The topological polar surface area (TPSA) is 35.0 Å². The molecule has 3 nitrogen and oxygen atoms in total. The monoisotopic (exact) mass is 326 g/mol. The number of hydrogen-bond donors (Lipinski definition) is 0. The lowest BCUT2D eigenvalue weighted by atomic mass is 10.0. The van der Waals surface area contributed by atoms with Gasteiger partial charge in [-0.3, -0.25) is 0 Å². The first kappa shape index (κ1) is 15.9. The quantitative estimate of drug-likeness (QED) is 0.647. The fourth-order valence-corrected chi connectivity index (χ4v) is 3.71. The predicted octanol–water partition coefficient (Wildman–Crippen LogP) is 5.36. The molecule has 3 aromatic rings. The van der Waals surface area contributed by atoms with Crippen LogP contribution in [0.4, 0.5) is 0 Å². The summed E-state index contributed by atoms with van der Waals surface area (Å²) in [5, 5.41) is 4.33. The molecule has 2 aromatic heterocycles. The van der Waals surface area contributed by atoms with E-state index < -0.39 is 0 Å². The Hall–Kier alpha value is -1.94. The second-order valence-electron chi connectivity index (χ2n) is 6.04. The number of nitrogens with zero attached hydrogens (tertiary/aromatic N) is 2. The van der Waals surface area contributed by atoms with Gasteiger partial charge in [0.2, 0.25) is 0 Å². The molecule has 0 N–H and O–H groups in total. The first-order chi connectivity index (χ1) is 11.0. The summed E-state index contributed by atoms with van der Waals surface area (Å²) >= 11 is 1.67. The van der Waals surface area contributed by atoms with E-state index >= 15 is 0 Å². The molecule has 120 valence electrons. The molecule has 0 aliphatic heterocycles. The zero-order chi connectivity index (χ0) is 16.6. The van der Waals surface area contributed by atoms with Gasteiger partial charge in [-0.05, 0) is 43.0 Å². The molecule has 0 aliphatic rings. The molecule has 0 spiro atoms. The Bertz CT molecular complexity index is 852. The molecular formula is C19H22N2OS. The van der Waals surface area contributed by atoms with Crippen molar-refractivity contribution in [2.75, 3.05) is 7.11 Å². The van der Waals surface area contributed by atoms with E-state index in [0.717, 1.165) is 39.6 Å². The molecule has 0 unspecified atom stereocenters. The van der Waals surface area contributed by atoms with Crippen LogP contribution in [0.25, 0.3) is 21.6 Å². The van der Waals surface area contributed by atoms with Gasteiger partial charge < -0.3 is 4.74 Å². The van der Waals surface area contributed by atoms with E-state index in [1.807, 2.05) is 6.07 Å². The van der Waals surface area contributed by atoms with Crippen molar-refractivity contribution in [3.05, 3.63) is 40.4 Å². The van der Waals surface area contributed by atoms with Gasteiger partial charge in [0, 0.05) is 16.3 Å². The number of aromatic nitrogens is 2. The van der Waals surface area contributed by atoms with Gasteiger partial charge >= 0.3 is 0 Å². The van der Waals surface area contributed by atoms with Crippen molar-refractivity contribution in [3.63, 3.8) is 0 Å². The van der Waals surface area contributed by atoms with Gasteiger partial charge in [0.25, 0.3) is 0 Å². The highest BCUT2D eigenvalue weighted by Crippen LogP contribution is 2.33. The first-order valence-electron chi connectivity index (χ1n) is 7.98. The molecule has 3 rings (SSSR count). The minimum Gasteiger partial charge on any atom is -0.496 e. The summed E-state index contributed by atoms with van der Waals surface area (Å²) in [4.78, 5) is 9.66. The third-order valence-electron chi connectivity index (χ3n) is 4.20. The van der Waals surface area contributed by atoms with E-state index in [0.29, 0.717) is 5.92 Å². The molecule has 0 radical (unpaired) electrons. The smallest absolute Gasteiger partial charge is 0.142 e. The van der Waals surface area contributed by atoms with E-state index in [-0.39, 0.29) is 0 Å². The van der Waals surface area contributed by atoms with E-state index in [4.69, 9.17) is 14.7 Å². The molecule has 0 atom stereocenters. The van der Waals surface area contributed by atoms with Crippen LogP contribution in [0.15, 0.2) is 23.6 Å². The molecule has 4 heteroatoms. The Morgan fingerprint density at radius 2 is 2.00 bits per heavy atom. The number of aryl methyl sites for hydroxylation is 2. The first-order valence-corrected chi connectivity index (χ1v) is 8.86. The second kappa shape index (κ2) is 6.28. The summed E-state index contributed by atoms with van der Waals surface area (Å²) < 4.78 is 5.45. The van der Waals surface area contributed by atoms with Crippen LogP contribution in [-0.4, -0.2) is 17.1 Å². The number of benzene rings is 1. The lowest BCUT2D eigenvalue weighted by molar-refractivity contribution is 0.412. The summed E-state index contributed by atoms with van der Waals surface area (Å²) in [6.45, 7) is 8.58. The van der Waals surface area contributed by atoms with Gasteiger partial charge in [0.1, 0.15) is 10.8 Å². The van der Waals surface area contributed by atoms with Gasteiger partial charge in [0.05, 0.1) is 24.0 Å². The van der Waals surface area contributed by atoms with Crippen LogP contribution in [0.5, 0.6) is 5.75 Å². The molecule has 1 aromatic carbocycles. The zero-order valence-corrected chi connectivity index (χ0v) is 15.1. The number of methoxy groups -OCH3 is 1. The van der Waals surface area contributed by atoms with Crippen molar-refractivity contribution < 1.29 is 4.74 Å². The number of ether oxygens (including phenoxy) is 1. The molecular weight excluding hydrogens is 304 g/mol. The molecule has 0 fully saturated rings. The maximum Gasteiger partial charge on any atom is 0.142 e. The molecule has 23 heavy (non-hydrogen) atoms. The summed E-state index contributed by atoms with van der Waals surface area (Å²) in [6.07, 6.45) is 0.972. The van der Waals surface area contributed by atoms with Crippen molar-refractivity contribution in [1.82, 2.24) is 9.97 Å². The van der Waals surface area contributed by atoms with Crippen molar-refractivity contribution in [1.29, 1.82) is 0 Å². The molecule has 0 aliphatic carbocycles. The van der Waals surface area contributed by atoms with Crippen molar-refractivity contribution in [2.45, 2.75) is 40.0 Å². The zero-order valence-electron chi connectivity index (χ0n) is 14.3. The van der Waals surface area contributed by atoms with Gasteiger partial charge in [-0.15, -0.1) is 11.3 Å². The maximum atomic E-state index is 5.45. The number of hydrogen-bond acceptors (Lipinski definition) is 4. The Labute approximate surface area is 141 Å². The third kappa shape index (κ3) is 2.83. The SMILES string of the molecule is CCc1cc(-c2nc(C(C)C)cs2)nc2c(C)c(OC)ccc12. The van der Waals surface area contributed by atoms with Crippen LogP contribution in [-0.2, 0) is 6.42 Å². The van der Waals surface area contributed by atoms with Crippen molar-refractivity contribution in [3.8, 4) is 16.5 Å². The Kier molecular flexibility index (Phi) is 4.35. The van der Waals surface area contributed by atoms with Crippen LogP contribution < -0.4 is 4.74 Å². The van der Waals surface area contributed by atoms with Crippen LogP contribution in [0.2, 0.25) is 0 Å². The van der Waals surface area contributed by atoms with Crippen molar-refractivity contribution in [2.24, 2.45) is 0 Å². The van der Waals surface area contributed by atoms with Gasteiger partial charge in [-0.1, -0.05) is 20.8 Å². The second-order valence-corrected chi connectivity index (χ2v) is 6.90. The number of pyridine rings is 1. The lowest BCUT2D eigenvalue weighted by Gasteiger charge is -2.12. The lowest BCUT2D eigenvalue weighted by Crippen LogP contribution is -1.96. The van der Waals surface area contributed by atoms with E-state index in [9.17, 15) is 0 Å².